The molecule has 3 heterocycles. The lowest BCUT2D eigenvalue weighted by Crippen LogP contribution is -2.46. The number of thioether (sulfide) groups is 1. The number of likely N-dealkylation sites (N-methyl/N-ethyl adjacent to an activating group) is 1. The Labute approximate surface area is 188 Å². The van der Waals surface area contributed by atoms with Crippen LogP contribution < -0.4 is 0 Å². The maximum absolute atomic E-state index is 13.2. The third-order valence-electron chi connectivity index (χ3n) is 6.21. The first kappa shape index (κ1) is 21.8. The number of piperidine rings is 1. The summed E-state index contributed by atoms with van der Waals surface area (Å²) >= 11 is 1.73. The average Bonchev–Trinajstić information content (AvgIpc) is 3.15. The molecule has 3 aromatic rings. The van der Waals surface area contributed by atoms with Crippen molar-refractivity contribution in [2.24, 2.45) is 0 Å². The van der Waals surface area contributed by atoms with Crippen molar-refractivity contribution in [1.29, 1.82) is 0 Å². The summed E-state index contributed by atoms with van der Waals surface area (Å²) < 4.78 is 2.09. The third-order valence-corrected chi connectivity index (χ3v) is 6.76. The number of carbonyl (C=O) groups excluding carboxylic acids is 1. The highest BCUT2D eigenvalue weighted by Gasteiger charge is 2.26. The maximum atomic E-state index is 13.2. The second-order valence-electron chi connectivity index (χ2n) is 8.18. The van der Waals surface area contributed by atoms with E-state index in [9.17, 15) is 4.79 Å². The van der Waals surface area contributed by atoms with E-state index in [1.807, 2.05) is 48.5 Å². The highest BCUT2D eigenvalue weighted by molar-refractivity contribution is 7.97. The Bertz CT molecular complexity index is 998. The molecular weight excluding hydrogens is 406 g/mol. The molecule has 0 radical (unpaired) electrons. The van der Waals surface area contributed by atoms with Gasteiger partial charge in [-0.2, -0.15) is 11.8 Å². The lowest BCUT2D eigenvalue weighted by atomic mass is 10.0. The molecule has 0 aliphatic carbocycles. The molecule has 0 saturated carbocycles. The van der Waals surface area contributed by atoms with Crippen LogP contribution in [0, 0.1) is 0 Å². The van der Waals surface area contributed by atoms with Gasteiger partial charge in [0.25, 0.3) is 0 Å². The Morgan fingerprint density at radius 1 is 1.16 bits per heavy atom. The van der Waals surface area contributed by atoms with Crippen molar-refractivity contribution < 1.29 is 4.79 Å². The van der Waals surface area contributed by atoms with Crippen molar-refractivity contribution >= 4 is 28.7 Å². The van der Waals surface area contributed by atoms with E-state index in [0.29, 0.717) is 12.6 Å². The first-order valence-corrected chi connectivity index (χ1v) is 12.4. The molecule has 1 amide bonds. The number of hydrogen-bond donors (Lipinski definition) is 0. The smallest absolute Gasteiger partial charge is 0.242 e. The molecular formula is C24H31N5OS. The topological polar surface area (TPSA) is 54.3 Å². The summed E-state index contributed by atoms with van der Waals surface area (Å²) in [6, 6.07) is 14.5. The second kappa shape index (κ2) is 10.3. The fourth-order valence-electron chi connectivity index (χ4n) is 4.34. The molecule has 0 atom stereocenters. The molecule has 1 saturated heterocycles. The van der Waals surface area contributed by atoms with Gasteiger partial charge in [-0.15, -0.1) is 0 Å². The fourth-order valence-corrected chi connectivity index (χ4v) is 4.82. The Morgan fingerprint density at radius 3 is 2.68 bits per heavy atom. The first-order chi connectivity index (χ1) is 15.2. The van der Waals surface area contributed by atoms with Crippen LogP contribution >= 0.6 is 11.8 Å². The van der Waals surface area contributed by atoms with Gasteiger partial charge in [-0.05, 0) is 43.4 Å². The van der Waals surface area contributed by atoms with Gasteiger partial charge >= 0.3 is 0 Å². The molecule has 1 aromatic carbocycles. The molecule has 6 nitrogen and oxygen atoms in total. The lowest BCUT2D eigenvalue weighted by molar-refractivity contribution is -0.133. The molecule has 0 bridgehead atoms. The minimum Gasteiger partial charge on any atom is -0.341 e. The monoisotopic (exact) mass is 437 g/mol. The van der Waals surface area contributed by atoms with Crippen LogP contribution in [0.5, 0.6) is 0 Å². The van der Waals surface area contributed by atoms with Gasteiger partial charge in [0.15, 0.2) is 0 Å². The van der Waals surface area contributed by atoms with Crippen LogP contribution in [-0.4, -0.2) is 69.2 Å². The summed E-state index contributed by atoms with van der Waals surface area (Å²) in [4.78, 5) is 26.8. The van der Waals surface area contributed by atoms with Gasteiger partial charge in [0.05, 0.1) is 16.8 Å². The van der Waals surface area contributed by atoms with Crippen molar-refractivity contribution in [3.05, 3.63) is 60.2 Å². The van der Waals surface area contributed by atoms with Gasteiger partial charge in [0, 0.05) is 51.0 Å². The van der Waals surface area contributed by atoms with Gasteiger partial charge in [0.1, 0.15) is 12.4 Å². The first-order valence-electron chi connectivity index (χ1n) is 11.0. The summed E-state index contributed by atoms with van der Waals surface area (Å²) in [5, 5.41) is 0. The van der Waals surface area contributed by atoms with Crippen LogP contribution in [0.25, 0.3) is 11.0 Å². The Kier molecular flexibility index (Phi) is 7.25. The number of para-hydroxylation sites is 2. The molecule has 1 aliphatic rings. The van der Waals surface area contributed by atoms with Crippen molar-refractivity contribution in [2.75, 3.05) is 32.9 Å². The van der Waals surface area contributed by atoms with Gasteiger partial charge in [0.2, 0.25) is 5.91 Å². The molecule has 1 fully saturated rings. The largest absolute Gasteiger partial charge is 0.341 e. The molecule has 7 heteroatoms. The quantitative estimate of drug-likeness (QED) is 0.540. The minimum atomic E-state index is 0.164. The normalized spacial score (nSPS) is 15.4. The fraction of sp³-hybridized carbons (Fsp3) is 0.458. The number of fused-ring (bicyclic) bond motifs is 1. The number of aromatic nitrogens is 3. The number of amides is 1. The zero-order chi connectivity index (χ0) is 21.6. The van der Waals surface area contributed by atoms with E-state index in [1.165, 1.54) is 0 Å². The summed E-state index contributed by atoms with van der Waals surface area (Å²) in [5.74, 6) is 1.94. The predicted octanol–water partition coefficient (Wildman–Crippen LogP) is 3.46. The van der Waals surface area contributed by atoms with E-state index < -0.39 is 0 Å². The second-order valence-corrected chi connectivity index (χ2v) is 9.05. The number of likely N-dealkylation sites (tertiary alicyclic amines) is 1. The summed E-state index contributed by atoms with van der Waals surface area (Å²) in [6.07, 6.45) is 6.95. The minimum absolute atomic E-state index is 0.164. The van der Waals surface area contributed by atoms with Crippen molar-refractivity contribution in [3.8, 4) is 0 Å². The number of hydrogen-bond acceptors (Lipinski definition) is 5. The Morgan fingerprint density at radius 2 is 1.94 bits per heavy atom. The van der Waals surface area contributed by atoms with E-state index in [4.69, 9.17) is 4.98 Å². The Hall–Kier alpha value is -2.38. The SMILES string of the molecule is CSCc1nc2ccccc2n1CC(=O)N(C)C1CCN(CCc2ccccn2)CC1. The summed E-state index contributed by atoms with van der Waals surface area (Å²) in [7, 11) is 1.96. The van der Waals surface area contributed by atoms with E-state index in [-0.39, 0.29) is 5.91 Å². The summed E-state index contributed by atoms with van der Waals surface area (Å²) in [5.41, 5.74) is 3.14. The van der Waals surface area contributed by atoms with E-state index >= 15 is 0 Å². The average molecular weight is 438 g/mol. The third kappa shape index (κ3) is 5.28. The highest BCUT2D eigenvalue weighted by Crippen LogP contribution is 2.21. The summed E-state index contributed by atoms with van der Waals surface area (Å²) in [6.45, 7) is 3.44. The molecule has 0 unspecified atom stereocenters. The van der Waals surface area contributed by atoms with E-state index in [0.717, 1.165) is 67.2 Å². The molecule has 0 spiro atoms. The zero-order valence-corrected chi connectivity index (χ0v) is 19.2. The molecule has 4 rings (SSSR count). The number of imidazole rings is 1. The van der Waals surface area contributed by atoms with Crippen LogP contribution in [0.2, 0.25) is 0 Å². The molecule has 164 valence electrons. The van der Waals surface area contributed by atoms with Gasteiger partial charge in [-0.25, -0.2) is 4.98 Å². The maximum Gasteiger partial charge on any atom is 0.242 e. The van der Waals surface area contributed by atoms with Gasteiger partial charge < -0.3 is 14.4 Å². The molecule has 1 aliphatic heterocycles. The van der Waals surface area contributed by atoms with Crippen LogP contribution in [0.4, 0.5) is 0 Å². The zero-order valence-electron chi connectivity index (χ0n) is 18.4. The van der Waals surface area contributed by atoms with Crippen molar-refractivity contribution in [2.45, 2.75) is 37.6 Å². The van der Waals surface area contributed by atoms with Crippen molar-refractivity contribution in [1.82, 2.24) is 24.3 Å². The van der Waals surface area contributed by atoms with E-state index in [2.05, 4.69) is 32.8 Å². The van der Waals surface area contributed by atoms with Crippen molar-refractivity contribution in [3.63, 3.8) is 0 Å². The molecule has 2 aromatic heterocycles. The number of rotatable bonds is 8. The standard InChI is InChI=1S/C24H31N5OS/c1-27(20-11-15-28(16-12-20)14-10-19-7-5-6-13-25-19)24(30)17-29-22-9-4-3-8-21(22)26-23(29)18-31-2/h3-9,13,20H,10-12,14-18H2,1-2H3. The van der Waals surface area contributed by atoms with Crippen LogP contribution in [-0.2, 0) is 23.5 Å². The Balaban J connectivity index is 1.33. The molecule has 0 N–H and O–H groups in total. The number of pyridine rings is 1. The van der Waals surface area contributed by atoms with Crippen LogP contribution in [0.1, 0.15) is 24.4 Å². The van der Waals surface area contributed by atoms with Crippen LogP contribution in [0.3, 0.4) is 0 Å². The number of nitrogens with zero attached hydrogens (tertiary/aromatic N) is 5. The van der Waals surface area contributed by atoms with E-state index in [1.54, 1.807) is 11.8 Å². The number of benzene rings is 1. The molecule has 31 heavy (non-hydrogen) atoms. The lowest BCUT2D eigenvalue weighted by Gasteiger charge is -2.37. The highest BCUT2D eigenvalue weighted by atomic mass is 32.2. The van der Waals surface area contributed by atoms with Gasteiger partial charge in [-0.3, -0.25) is 9.78 Å². The van der Waals surface area contributed by atoms with Crippen LogP contribution in [0.15, 0.2) is 48.7 Å². The number of carbonyl (C=O) groups is 1. The predicted molar refractivity (Wildman–Crippen MR) is 127 cm³/mol. The van der Waals surface area contributed by atoms with Gasteiger partial charge in [-0.1, -0.05) is 18.2 Å².